The lowest BCUT2D eigenvalue weighted by Crippen LogP contribution is -2.45. The molecule has 17 heavy (non-hydrogen) atoms. The molecule has 96 valence electrons. The molecule has 2 heterocycles. The van der Waals surface area contributed by atoms with Gasteiger partial charge >= 0.3 is 0 Å². The Morgan fingerprint density at radius 2 is 2.24 bits per heavy atom. The third-order valence-electron chi connectivity index (χ3n) is 3.68. The lowest BCUT2D eigenvalue weighted by Gasteiger charge is -2.31. The van der Waals surface area contributed by atoms with Crippen molar-refractivity contribution in [3.05, 3.63) is 0 Å². The third kappa shape index (κ3) is 3.04. The number of hydrogen-bond acceptors (Lipinski definition) is 4. The molecule has 0 spiro atoms. The quantitative estimate of drug-likeness (QED) is 0.663. The summed E-state index contributed by atoms with van der Waals surface area (Å²) in [5.41, 5.74) is 0. The smallest absolute Gasteiger partial charge is 0.244 e. The van der Waals surface area contributed by atoms with Crippen molar-refractivity contribution in [2.75, 3.05) is 26.2 Å². The summed E-state index contributed by atoms with van der Waals surface area (Å²) < 4.78 is 0. The summed E-state index contributed by atoms with van der Waals surface area (Å²) >= 11 is 0. The molecule has 2 fully saturated rings. The first-order chi connectivity index (χ1) is 8.20. The van der Waals surface area contributed by atoms with E-state index in [1.807, 2.05) is 6.92 Å². The van der Waals surface area contributed by atoms with Crippen LogP contribution in [0.2, 0.25) is 0 Å². The Morgan fingerprint density at radius 3 is 2.76 bits per heavy atom. The van der Waals surface area contributed by atoms with E-state index < -0.39 is 0 Å². The van der Waals surface area contributed by atoms with Crippen molar-refractivity contribution in [3.63, 3.8) is 0 Å². The zero-order valence-corrected chi connectivity index (χ0v) is 10.4. The number of carbonyl (C=O) groups is 2. The first kappa shape index (κ1) is 12.5. The molecule has 0 aromatic carbocycles. The third-order valence-corrected chi connectivity index (χ3v) is 3.68. The monoisotopic (exact) mass is 239 g/mol. The number of likely N-dealkylation sites (N-methyl/N-ethyl adjacent to an activating group) is 1. The van der Waals surface area contributed by atoms with Crippen molar-refractivity contribution in [2.45, 2.75) is 32.2 Å². The molecule has 2 saturated heterocycles. The summed E-state index contributed by atoms with van der Waals surface area (Å²) in [6, 6.07) is -0.241. The van der Waals surface area contributed by atoms with E-state index in [9.17, 15) is 9.59 Å². The first-order valence-corrected chi connectivity index (χ1v) is 6.49. The molecule has 2 unspecified atom stereocenters. The minimum Gasteiger partial charge on any atom is -0.316 e. The van der Waals surface area contributed by atoms with Gasteiger partial charge < -0.3 is 5.32 Å². The van der Waals surface area contributed by atoms with Gasteiger partial charge in [0.15, 0.2) is 0 Å². The zero-order chi connectivity index (χ0) is 12.3. The molecule has 2 aliphatic heterocycles. The van der Waals surface area contributed by atoms with E-state index in [0.29, 0.717) is 12.3 Å². The molecule has 2 rings (SSSR count). The summed E-state index contributed by atoms with van der Waals surface area (Å²) in [7, 11) is 0. The molecule has 5 nitrogen and oxygen atoms in total. The van der Waals surface area contributed by atoms with Crippen LogP contribution in [0.3, 0.4) is 0 Å². The van der Waals surface area contributed by atoms with E-state index in [0.717, 1.165) is 26.2 Å². The Balaban J connectivity index is 1.91. The molecule has 2 N–H and O–H groups in total. The Kier molecular flexibility index (Phi) is 4.12. The van der Waals surface area contributed by atoms with Crippen LogP contribution in [0.25, 0.3) is 0 Å². The number of carbonyl (C=O) groups excluding carboxylic acids is 2. The number of nitrogens with zero attached hydrogens (tertiary/aromatic N) is 1. The van der Waals surface area contributed by atoms with Crippen LogP contribution < -0.4 is 10.6 Å². The van der Waals surface area contributed by atoms with Crippen molar-refractivity contribution in [2.24, 2.45) is 5.92 Å². The molecule has 5 heteroatoms. The molecule has 0 saturated carbocycles. The lowest BCUT2D eigenvalue weighted by molar-refractivity contribution is -0.126. The fourth-order valence-corrected chi connectivity index (χ4v) is 2.72. The predicted octanol–water partition coefficient (Wildman–Crippen LogP) is -0.277. The fourth-order valence-electron chi connectivity index (χ4n) is 2.72. The highest BCUT2D eigenvalue weighted by Gasteiger charge is 2.35. The zero-order valence-electron chi connectivity index (χ0n) is 10.4. The van der Waals surface area contributed by atoms with Crippen LogP contribution in [0, 0.1) is 5.92 Å². The highest BCUT2D eigenvalue weighted by Crippen LogP contribution is 2.17. The van der Waals surface area contributed by atoms with Crippen LogP contribution in [0.1, 0.15) is 26.2 Å². The second-order valence-corrected chi connectivity index (χ2v) is 4.93. The van der Waals surface area contributed by atoms with Gasteiger partial charge in [0, 0.05) is 6.54 Å². The van der Waals surface area contributed by atoms with Crippen molar-refractivity contribution >= 4 is 11.8 Å². The summed E-state index contributed by atoms with van der Waals surface area (Å²) in [5.74, 6) is 0.341. The minimum atomic E-state index is -0.241. The van der Waals surface area contributed by atoms with Gasteiger partial charge in [0.2, 0.25) is 11.8 Å². The second kappa shape index (κ2) is 5.60. The van der Waals surface area contributed by atoms with E-state index in [1.54, 1.807) is 0 Å². The van der Waals surface area contributed by atoms with Gasteiger partial charge in [-0.05, 0) is 38.4 Å². The van der Waals surface area contributed by atoms with Crippen LogP contribution in [-0.4, -0.2) is 48.9 Å². The van der Waals surface area contributed by atoms with E-state index in [1.165, 1.54) is 12.8 Å². The molecule has 0 radical (unpaired) electrons. The number of imide groups is 1. The molecule has 2 amide bonds. The molecule has 0 bridgehead atoms. The summed E-state index contributed by atoms with van der Waals surface area (Å²) in [4.78, 5) is 25.0. The molecule has 2 atom stereocenters. The predicted molar refractivity (Wildman–Crippen MR) is 64.4 cm³/mol. The highest BCUT2D eigenvalue weighted by molar-refractivity contribution is 6.05. The van der Waals surface area contributed by atoms with Crippen molar-refractivity contribution in [1.82, 2.24) is 15.5 Å². The van der Waals surface area contributed by atoms with Gasteiger partial charge in [-0.1, -0.05) is 6.92 Å². The van der Waals surface area contributed by atoms with E-state index in [2.05, 4.69) is 15.5 Å². The summed E-state index contributed by atoms with van der Waals surface area (Å²) in [6.45, 7) is 5.91. The van der Waals surface area contributed by atoms with Gasteiger partial charge in [-0.2, -0.15) is 0 Å². The maximum Gasteiger partial charge on any atom is 0.244 e. The van der Waals surface area contributed by atoms with Crippen LogP contribution in [0.15, 0.2) is 0 Å². The largest absolute Gasteiger partial charge is 0.316 e. The average Bonchev–Trinajstić information content (AvgIpc) is 2.67. The summed E-state index contributed by atoms with van der Waals surface area (Å²) in [5, 5.41) is 5.76. The van der Waals surface area contributed by atoms with E-state index >= 15 is 0 Å². The second-order valence-electron chi connectivity index (χ2n) is 4.93. The summed E-state index contributed by atoms with van der Waals surface area (Å²) in [6.07, 6.45) is 2.75. The van der Waals surface area contributed by atoms with Crippen molar-refractivity contribution in [3.8, 4) is 0 Å². The maximum atomic E-state index is 11.6. The Bertz CT molecular complexity index is 300. The van der Waals surface area contributed by atoms with Gasteiger partial charge in [0.1, 0.15) is 0 Å². The molecule has 0 aromatic heterocycles. The Hall–Kier alpha value is -0.940. The average molecular weight is 239 g/mol. The van der Waals surface area contributed by atoms with Crippen LogP contribution >= 0.6 is 0 Å². The SMILES string of the molecule is CCN(CC1CCCNC1)C1CC(=O)NC1=O. The molecule has 2 aliphatic rings. The van der Waals surface area contributed by atoms with Crippen molar-refractivity contribution < 1.29 is 9.59 Å². The first-order valence-electron chi connectivity index (χ1n) is 6.49. The fraction of sp³-hybridized carbons (Fsp3) is 0.833. The minimum absolute atomic E-state index is 0.124. The Labute approximate surface area is 102 Å². The van der Waals surface area contributed by atoms with Crippen LogP contribution in [0.5, 0.6) is 0 Å². The highest BCUT2D eigenvalue weighted by atomic mass is 16.2. The van der Waals surface area contributed by atoms with Gasteiger partial charge in [-0.25, -0.2) is 0 Å². The van der Waals surface area contributed by atoms with Gasteiger partial charge in [0.05, 0.1) is 12.5 Å². The molecular weight excluding hydrogens is 218 g/mol. The molecular formula is C12H21N3O2. The Morgan fingerprint density at radius 1 is 1.41 bits per heavy atom. The van der Waals surface area contributed by atoms with Crippen LogP contribution in [-0.2, 0) is 9.59 Å². The molecule has 0 aliphatic carbocycles. The molecule has 0 aromatic rings. The number of amides is 2. The van der Waals surface area contributed by atoms with E-state index in [-0.39, 0.29) is 17.9 Å². The lowest BCUT2D eigenvalue weighted by atomic mass is 9.98. The maximum absolute atomic E-state index is 11.6. The number of piperidine rings is 1. The van der Waals surface area contributed by atoms with Crippen LogP contribution in [0.4, 0.5) is 0 Å². The number of nitrogens with one attached hydrogen (secondary N) is 2. The number of rotatable bonds is 4. The van der Waals surface area contributed by atoms with Gasteiger partial charge in [-0.15, -0.1) is 0 Å². The van der Waals surface area contributed by atoms with E-state index in [4.69, 9.17) is 0 Å². The number of hydrogen-bond donors (Lipinski definition) is 2. The van der Waals surface area contributed by atoms with Crippen molar-refractivity contribution in [1.29, 1.82) is 0 Å². The van der Waals surface area contributed by atoms with Gasteiger partial charge in [0.25, 0.3) is 0 Å². The van der Waals surface area contributed by atoms with Gasteiger partial charge in [-0.3, -0.25) is 19.8 Å². The normalized spacial score (nSPS) is 29.8. The standard InChI is InChI=1S/C12H21N3O2/c1-2-15(8-9-4-3-5-13-7-9)10-6-11(16)14-12(10)17/h9-10,13H,2-8H2,1H3,(H,14,16,17). The topological polar surface area (TPSA) is 61.4 Å².